The molecule has 0 unspecified atom stereocenters. The first-order valence-corrected chi connectivity index (χ1v) is 7.05. The molecule has 0 fully saturated rings. The van der Waals surface area contributed by atoms with Crippen LogP contribution in [-0.2, 0) is 6.61 Å². The van der Waals surface area contributed by atoms with Gasteiger partial charge in [-0.1, -0.05) is 19.4 Å². The van der Waals surface area contributed by atoms with Crippen LogP contribution in [0.1, 0.15) is 31.0 Å². The largest absolute Gasteiger partial charge is 0.494 e. The zero-order valence-electron chi connectivity index (χ0n) is 12.1. The first-order valence-electron chi connectivity index (χ1n) is 7.05. The number of unbranched alkanes of at least 4 members (excludes halogenated alkanes) is 1. The third-order valence-corrected chi connectivity index (χ3v) is 2.95. The van der Waals surface area contributed by atoms with Gasteiger partial charge in [-0.05, 0) is 49.2 Å². The highest BCUT2D eigenvalue weighted by atomic mass is 16.5. The second kappa shape index (κ2) is 7.53. The smallest absolute Gasteiger partial charge is 0.130 e. The molecule has 3 nitrogen and oxygen atoms in total. The molecule has 0 amide bonds. The average molecular weight is 271 g/mol. The lowest BCUT2D eigenvalue weighted by atomic mass is 10.3. The maximum Gasteiger partial charge on any atom is 0.130 e. The standard InChI is InChI=1S/C17H21NO2/c1-3-4-11-19-16-7-9-17(10-8-16)20-13-15-6-5-14(2)12-18-15/h5-10,12H,3-4,11,13H2,1-2H3. The number of ether oxygens (including phenoxy) is 2. The summed E-state index contributed by atoms with van der Waals surface area (Å²) in [7, 11) is 0. The van der Waals surface area contributed by atoms with Crippen LogP contribution in [-0.4, -0.2) is 11.6 Å². The molecule has 0 N–H and O–H groups in total. The number of aryl methyl sites for hydroxylation is 1. The van der Waals surface area contributed by atoms with Crippen LogP contribution in [0.4, 0.5) is 0 Å². The Hall–Kier alpha value is -2.03. The zero-order chi connectivity index (χ0) is 14.2. The van der Waals surface area contributed by atoms with E-state index in [0.717, 1.165) is 42.2 Å². The first kappa shape index (κ1) is 14.4. The van der Waals surface area contributed by atoms with Crippen LogP contribution in [0.2, 0.25) is 0 Å². The van der Waals surface area contributed by atoms with Crippen molar-refractivity contribution in [3.05, 3.63) is 53.9 Å². The molecule has 0 radical (unpaired) electrons. The Morgan fingerprint density at radius 2 is 1.65 bits per heavy atom. The summed E-state index contributed by atoms with van der Waals surface area (Å²) in [6, 6.07) is 11.7. The van der Waals surface area contributed by atoms with E-state index in [-0.39, 0.29) is 0 Å². The molecule has 0 saturated carbocycles. The molecule has 3 heteroatoms. The Morgan fingerprint density at radius 3 is 2.25 bits per heavy atom. The fourth-order valence-electron chi connectivity index (χ4n) is 1.71. The maximum atomic E-state index is 5.69. The van der Waals surface area contributed by atoms with E-state index in [9.17, 15) is 0 Å². The summed E-state index contributed by atoms with van der Waals surface area (Å²) in [5, 5.41) is 0. The van der Waals surface area contributed by atoms with Gasteiger partial charge in [-0.25, -0.2) is 0 Å². The van der Waals surface area contributed by atoms with Crippen LogP contribution in [0.15, 0.2) is 42.6 Å². The summed E-state index contributed by atoms with van der Waals surface area (Å²) in [4.78, 5) is 4.31. The molecular formula is C17H21NO2. The van der Waals surface area contributed by atoms with E-state index >= 15 is 0 Å². The van der Waals surface area contributed by atoms with E-state index in [1.807, 2.05) is 49.5 Å². The Morgan fingerprint density at radius 1 is 0.950 bits per heavy atom. The Bertz CT molecular complexity index is 506. The molecule has 0 bridgehead atoms. The highest BCUT2D eigenvalue weighted by Crippen LogP contribution is 2.18. The molecule has 1 aromatic heterocycles. The van der Waals surface area contributed by atoms with Crippen molar-refractivity contribution in [3.8, 4) is 11.5 Å². The minimum absolute atomic E-state index is 0.482. The summed E-state index contributed by atoms with van der Waals surface area (Å²) < 4.78 is 11.3. The van der Waals surface area contributed by atoms with Crippen LogP contribution < -0.4 is 9.47 Å². The molecule has 1 heterocycles. The molecule has 1 aromatic carbocycles. The van der Waals surface area contributed by atoms with Gasteiger partial charge in [0.1, 0.15) is 18.1 Å². The quantitative estimate of drug-likeness (QED) is 0.709. The van der Waals surface area contributed by atoms with Gasteiger partial charge in [-0.15, -0.1) is 0 Å². The highest BCUT2D eigenvalue weighted by Gasteiger charge is 1.99. The Kier molecular flexibility index (Phi) is 5.42. The van der Waals surface area contributed by atoms with E-state index in [1.54, 1.807) is 0 Å². The van der Waals surface area contributed by atoms with Crippen LogP contribution in [0, 0.1) is 6.92 Å². The van der Waals surface area contributed by atoms with Gasteiger partial charge in [0, 0.05) is 6.20 Å². The minimum Gasteiger partial charge on any atom is -0.494 e. The van der Waals surface area contributed by atoms with Gasteiger partial charge in [-0.3, -0.25) is 4.98 Å². The van der Waals surface area contributed by atoms with Crippen molar-refractivity contribution < 1.29 is 9.47 Å². The third-order valence-electron chi connectivity index (χ3n) is 2.95. The monoisotopic (exact) mass is 271 g/mol. The van der Waals surface area contributed by atoms with Crippen molar-refractivity contribution in [2.24, 2.45) is 0 Å². The van der Waals surface area contributed by atoms with Gasteiger partial charge in [0.2, 0.25) is 0 Å². The fraction of sp³-hybridized carbons (Fsp3) is 0.353. The molecule has 0 aliphatic rings. The van der Waals surface area contributed by atoms with Gasteiger partial charge < -0.3 is 9.47 Å². The number of rotatable bonds is 7. The van der Waals surface area contributed by atoms with Crippen LogP contribution >= 0.6 is 0 Å². The van der Waals surface area contributed by atoms with Gasteiger partial charge >= 0.3 is 0 Å². The molecule has 20 heavy (non-hydrogen) atoms. The van der Waals surface area contributed by atoms with Crippen molar-refractivity contribution in [3.63, 3.8) is 0 Å². The predicted molar refractivity (Wildman–Crippen MR) is 80.2 cm³/mol. The minimum atomic E-state index is 0.482. The average Bonchev–Trinajstić information content (AvgIpc) is 2.48. The second-order valence-corrected chi connectivity index (χ2v) is 4.79. The first-order chi connectivity index (χ1) is 9.78. The van der Waals surface area contributed by atoms with Crippen LogP contribution in [0.25, 0.3) is 0 Å². The SMILES string of the molecule is CCCCOc1ccc(OCc2ccc(C)cn2)cc1. The van der Waals surface area contributed by atoms with Crippen molar-refractivity contribution >= 4 is 0 Å². The molecule has 0 atom stereocenters. The van der Waals surface area contributed by atoms with Gasteiger partial charge in [-0.2, -0.15) is 0 Å². The lowest BCUT2D eigenvalue weighted by molar-refractivity contribution is 0.296. The summed E-state index contributed by atoms with van der Waals surface area (Å²) >= 11 is 0. The Labute approximate surface area is 120 Å². The van der Waals surface area contributed by atoms with E-state index in [4.69, 9.17) is 9.47 Å². The zero-order valence-corrected chi connectivity index (χ0v) is 12.1. The van der Waals surface area contributed by atoms with Gasteiger partial charge in [0.25, 0.3) is 0 Å². The Balaban J connectivity index is 1.82. The number of nitrogens with zero attached hydrogens (tertiary/aromatic N) is 1. The molecule has 2 aromatic rings. The highest BCUT2D eigenvalue weighted by molar-refractivity contribution is 5.31. The maximum absolute atomic E-state index is 5.69. The summed E-state index contributed by atoms with van der Waals surface area (Å²) in [6.45, 7) is 5.43. The summed E-state index contributed by atoms with van der Waals surface area (Å²) in [6.07, 6.45) is 4.07. The normalized spacial score (nSPS) is 10.3. The molecule has 0 spiro atoms. The number of aromatic nitrogens is 1. The molecule has 106 valence electrons. The lowest BCUT2D eigenvalue weighted by Crippen LogP contribution is -1.99. The van der Waals surface area contributed by atoms with E-state index in [0.29, 0.717) is 6.61 Å². The topological polar surface area (TPSA) is 31.4 Å². The second-order valence-electron chi connectivity index (χ2n) is 4.79. The van der Waals surface area contributed by atoms with Gasteiger partial charge in [0.15, 0.2) is 0 Å². The lowest BCUT2D eigenvalue weighted by Gasteiger charge is -2.08. The van der Waals surface area contributed by atoms with Crippen molar-refractivity contribution in [1.82, 2.24) is 4.98 Å². The molecule has 0 aliphatic carbocycles. The summed E-state index contributed by atoms with van der Waals surface area (Å²) in [5.74, 6) is 1.72. The van der Waals surface area contributed by atoms with Crippen molar-refractivity contribution in [2.75, 3.05) is 6.61 Å². The van der Waals surface area contributed by atoms with E-state index in [1.165, 1.54) is 0 Å². The van der Waals surface area contributed by atoms with E-state index in [2.05, 4.69) is 11.9 Å². The van der Waals surface area contributed by atoms with Crippen LogP contribution in [0.5, 0.6) is 11.5 Å². The van der Waals surface area contributed by atoms with E-state index < -0.39 is 0 Å². The van der Waals surface area contributed by atoms with Crippen LogP contribution in [0.3, 0.4) is 0 Å². The third kappa shape index (κ3) is 4.57. The number of pyridine rings is 1. The molecule has 0 aliphatic heterocycles. The molecule has 0 saturated heterocycles. The van der Waals surface area contributed by atoms with Gasteiger partial charge in [0.05, 0.1) is 12.3 Å². The fourth-order valence-corrected chi connectivity index (χ4v) is 1.71. The number of hydrogen-bond acceptors (Lipinski definition) is 3. The number of benzene rings is 1. The van der Waals surface area contributed by atoms with Crippen molar-refractivity contribution in [2.45, 2.75) is 33.3 Å². The molecule has 2 rings (SSSR count). The summed E-state index contributed by atoms with van der Waals surface area (Å²) in [5.41, 5.74) is 2.08. The number of hydrogen-bond donors (Lipinski definition) is 0. The molecular weight excluding hydrogens is 250 g/mol. The predicted octanol–water partition coefficient (Wildman–Crippen LogP) is 4.15. The van der Waals surface area contributed by atoms with Crippen molar-refractivity contribution in [1.29, 1.82) is 0 Å².